The van der Waals surface area contributed by atoms with E-state index in [0.29, 0.717) is 6.54 Å². The number of hydrogen-bond donors (Lipinski definition) is 2. The molecule has 126 valence electrons. The van der Waals surface area contributed by atoms with E-state index in [1.165, 1.54) is 32.1 Å². The summed E-state index contributed by atoms with van der Waals surface area (Å²) in [7, 11) is 0. The van der Waals surface area contributed by atoms with E-state index >= 15 is 0 Å². The number of hydrogen-bond acceptors (Lipinski definition) is 2. The van der Waals surface area contributed by atoms with E-state index in [1.54, 1.807) is 24.3 Å². The third kappa shape index (κ3) is 10.3. The van der Waals surface area contributed by atoms with Crippen LogP contribution in [0.1, 0.15) is 51.0 Å². The van der Waals surface area contributed by atoms with Crippen molar-refractivity contribution in [3.63, 3.8) is 0 Å². The van der Waals surface area contributed by atoms with E-state index in [1.807, 2.05) is 18.2 Å². The van der Waals surface area contributed by atoms with Crippen molar-refractivity contribution in [1.29, 1.82) is 0 Å². The fraction of sp³-hybridized carbons (Fsp3) is 0.450. The zero-order chi connectivity index (χ0) is 16.8. The summed E-state index contributed by atoms with van der Waals surface area (Å²) in [5, 5.41) is 12.0. The van der Waals surface area contributed by atoms with Crippen LogP contribution in [0.5, 0.6) is 5.75 Å². The Morgan fingerprint density at radius 2 is 1.83 bits per heavy atom. The molecule has 1 rings (SSSR count). The van der Waals surface area contributed by atoms with E-state index in [0.717, 1.165) is 18.4 Å². The maximum Gasteiger partial charge on any atom is 0.243 e. The Morgan fingerprint density at radius 3 is 2.57 bits per heavy atom. The Hall–Kier alpha value is -2.03. The molecule has 0 heterocycles. The van der Waals surface area contributed by atoms with Gasteiger partial charge in [0.05, 0.1) is 0 Å². The number of phenols is 1. The summed E-state index contributed by atoms with van der Waals surface area (Å²) < 4.78 is 0. The molecular weight excluding hydrogens is 286 g/mol. The molecule has 0 aliphatic carbocycles. The van der Waals surface area contributed by atoms with Crippen LogP contribution in [0.2, 0.25) is 0 Å². The third-order valence-electron chi connectivity index (χ3n) is 3.62. The molecule has 2 N–H and O–H groups in total. The number of carbonyl (C=O) groups excluding carboxylic acids is 1. The highest BCUT2D eigenvalue weighted by molar-refractivity contribution is 5.87. The normalized spacial score (nSPS) is 11.3. The van der Waals surface area contributed by atoms with E-state index in [4.69, 9.17) is 0 Å². The number of nitrogens with one attached hydrogen (secondary N) is 1. The van der Waals surface area contributed by atoms with Crippen LogP contribution >= 0.6 is 0 Å². The Bertz CT molecular complexity index is 489. The van der Waals surface area contributed by atoms with Crippen LogP contribution in [-0.2, 0) is 11.2 Å². The predicted octanol–water partition coefficient (Wildman–Crippen LogP) is 4.52. The average Bonchev–Trinajstić information content (AvgIpc) is 2.55. The fourth-order valence-corrected chi connectivity index (χ4v) is 2.24. The van der Waals surface area contributed by atoms with Crippen molar-refractivity contribution >= 4 is 5.91 Å². The molecule has 0 aliphatic heterocycles. The van der Waals surface area contributed by atoms with Crippen molar-refractivity contribution < 1.29 is 9.90 Å². The minimum absolute atomic E-state index is 0.0728. The summed E-state index contributed by atoms with van der Waals surface area (Å²) in [4.78, 5) is 11.6. The van der Waals surface area contributed by atoms with Gasteiger partial charge in [0.1, 0.15) is 5.75 Å². The summed E-state index contributed by atoms with van der Waals surface area (Å²) in [5.41, 5.74) is 1.09. The van der Waals surface area contributed by atoms with Crippen molar-refractivity contribution in [2.24, 2.45) is 0 Å². The first-order valence-corrected chi connectivity index (χ1v) is 8.61. The highest BCUT2D eigenvalue weighted by Gasteiger charge is 1.96. The topological polar surface area (TPSA) is 49.3 Å². The molecule has 0 bridgehead atoms. The summed E-state index contributed by atoms with van der Waals surface area (Å²) in [6.07, 6.45) is 15.7. The highest BCUT2D eigenvalue weighted by atomic mass is 16.3. The summed E-state index contributed by atoms with van der Waals surface area (Å²) in [6, 6.07) is 7.04. The van der Waals surface area contributed by atoms with Gasteiger partial charge in [-0.15, -0.1) is 0 Å². The van der Waals surface area contributed by atoms with Gasteiger partial charge in [0.2, 0.25) is 5.91 Å². The van der Waals surface area contributed by atoms with E-state index in [2.05, 4.69) is 18.3 Å². The van der Waals surface area contributed by atoms with Crippen LogP contribution in [-0.4, -0.2) is 17.6 Å². The quantitative estimate of drug-likeness (QED) is 0.358. The molecule has 0 spiro atoms. The first-order chi connectivity index (χ1) is 11.2. The van der Waals surface area contributed by atoms with Crippen LogP contribution in [0.25, 0.3) is 0 Å². The van der Waals surface area contributed by atoms with Crippen LogP contribution < -0.4 is 5.32 Å². The third-order valence-corrected chi connectivity index (χ3v) is 3.62. The maximum absolute atomic E-state index is 11.6. The molecule has 0 saturated carbocycles. The zero-order valence-corrected chi connectivity index (χ0v) is 14.1. The maximum atomic E-state index is 11.6. The lowest BCUT2D eigenvalue weighted by Gasteiger charge is -2.02. The second-order valence-electron chi connectivity index (χ2n) is 5.70. The standard InChI is InChI=1S/C20H29NO2/c1-2-3-4-5-6-7-8-9-10-11-20(23)21-17-16-18-12-14-19(22)15-13-18/h8-15,22H,2-7,16-17H2,1H3,(H,21,23)/b9-8+,11-10+. The smallest absolute Gasteiger partial charge is 0.243 e. The van der Waals surface area contributed by atoms with Crippen LogP contribution in [0.15, 0.2) is 48.6 Å². The van der Waals surface area contributed by atoms with Gasteiger partial charge in [-0.25, -0.2) is 0 Å². The molecule has 1 amide bonds. The van der Waals surface area contributed by atoms with Gasteiger partial charge in [0, 0.05) is 12.6 Å². The Kier molecular flexibility index (Phi) is 10.3. The Balaban J connectivity index is 2.07. The van der Waals surface area contributed by atoms with Crippen molar-refractivity contribution in [3.8, 4) is 5.75 Å². The predicted molar refractivity (Wildman–Crippen MR) is 96.5 cm³/mol. The first-order valence-electron chi connectivity index (χ1n) is 8.61. The molecule has 0 saturated heterocycles. The lowest BCUT2D eigenvalue weighted by Crippen LogP contribution is -2.23. The molecule has 23 heavy (non-hydrogen) atoms. The second-order valence-corrected chi connectivity index (χ2v) is 5.70. The Morgan fingerprint density at radius 1 is 1.09 bits per heavy atom. The van der Waals surface area contributed by atoms with Crippen LogP contribution in [0, 0.1) is 0 Å². The molecular formula is C20H29NO2. The number of carbonyl (C=O) groups is 1. The van der Waals surface area contributed by atoms with Gasteiger partial charge in [0.25, 0.3) is 0 Å². The molecule has 0 radical (unpaired) electrons. The SMILES string of the molecule is CCCCCCC/C=C/C=C/C(=O)NCCc1ccc(O)cc1. The molecule has 1 aromatic carbocycles. The van der Waals surface area contributed by atoms with Gasteiger partial charge in [-0.05, 0) is 37.0 Å². The van der Waals surface area contributed by atoms with Crippen molar-refractivity contribution in [2.75, 3.05) is 6.54 Å². The number of unbranched alkanes of at least 4 members (excludes halogenated alkanes) is 5. The highest BCUT2D eigenvalue weighted by Crippen LogP contribution is 2.09. The lowest BCUT2D eigenvalue weighted by atomic mass is 10.1. The minimum Gasteiger partial charge on any atom is -0.508 e. The van der Waals surface area contributed by atoms with Gasteiger partial charge in [0.15, 0.2) is 0 Å². The second kappa shape index (κ2) is 12.5. The number of rotatable bonds is 11. The van der Waals surface area contributed by atoms with Gasteiger partial charge < -0.3 is 10.4 Å². The molecule has 3 nitrogen and oxygen atoms in total. The van der Waals surface area contributed by atoms with Gasteiger partial charge in [-0.2, -0.15) is 0 Å². The molecule has 1 aromatic rings. The van der Waals surface area contributed by atoms with Crippen molar-refractivity contribution in [3.05, 3.63) is 54.1 Å². The lowest BCUT2D eigenvalue weighted by molar-refractivity contribution is -0.116. The first kappa shape index (κ1) is 19.0. The minimum atomic E-state index is -0.0728. The van der Waals surface area contributed by atoms with E-state index < -0.39 is 0 Å². The van der Waals surface area contributed by atoms with Crippen molar-refractivity contribution in [2.45, 2.75) is 51.9 Å². The van der Waals surface area contributed by atoms with Crippen LogP contribution in [0.4, 0.5) is 0 Å². The monoisotopic (exact) mass is 315 g/mol. The zero-order valence-electron chi connectivity index (χ0n) is 14.1. The molecule has 0 atom stereocenters. The number of amides is 1. The summed E-state index contributed by atoms with van der Waals surface area (Å²) in [5.74, 6) is 0.189. The average molecular weight is 315 g/mol. The molecule has 0 fully saturated rings. The number of benzene rings is 1. The molecule has 0 unspecified atom stereocenters. The van der Waals surface area contributed by atoms with Crippen LogP contribution in [0.3, 0.4) is 0 Å². The van der Waals surface area contributed by atoms with E-state index in [-0.39, 0.29) is 11.7 Å². The number of phenolic OH excluding ortho intramolecular Hbond substituents is 1. The van der Waals surface area contributed by atoms with Gasteiger partial charge >= 0.3 is 0 Å². The summed E-state index contributed by atoms with van der Waals surface area (Å²) in [6.45, 7) is 2.82. The van der Waals surface area contributed by atoms with Gasteiger partial charge in [-0.1, -0.05) is 63.0 Å². The molecule has 0 aliphatic rings. The number of aromatic hydroxyl groups is 1. The van der Waals surface area contributed by atoms with Gasteiger partial charge in [-0.3, -0.25) is 4.79 Å². The van der Waals surface area contributed by atoms with E-state index in [9.17, 15) is 9.90 Å². The largest absolute Gasteiger partial charge is 0.508 e. The molecule has 0 aromatic heterocycles. The Labute approximate surface area is 140 Å². The summed E-state index contributed by atoms with van der Waals surface area (Å²) >= 11 is 0. The molecule has 3 heteroatoms. The fourth-order valence-electron chi connectivity index (χ4n) is 2.24. The van der Waals surface area contributed by atoms with Crippen molar-refractivity contribution in [1.82, 2.24) is 5.32 Å². The number of allylic oxidation sites excluding steroid dienone is 3.